The fourth-order valence-electron chi connectivity index (χ4n) is 3.03. The molecule has 1 amide bonds. The molecule has 2 unspecified atom stereocenters. The van der Waals surface area contributed by atoms with Gasteiger partial charge in [0.1, 0.15) is 10.6 Å². The maximum absolute atomic E-state index is 12.7. The molecule has 0 radical (unpaired) electrons. The number of sulfonamides is 1. The molecule has 2 heterocycles. The van der Waals surface area contributed by atoms with E-state index in [4.69, 9.17) is 0 Å². The smallest absolute Gasteiger partial charge is 0.267 e. The van der Waals surface area contributed by atoms with Crippen molar-refractivity contribution in [1.82, 2.24) is 14.2 Å². The molecule has 1 aromatic heterocycles. The fourth-order valence-corrected chi connectivity index (χ4v) is 4.84. The summed E-state index contributed by atoms with van der Waals surface area (Å²) in [5.41, 5.74) is 0.357. The summed E-state index contributed by atoms with van der Waals surface area (Å²) in [4.78, 5) is 11.9. The van der Waals surface area contributed by atoms with Gasteiger partial charge in [-0.05, 0) is 31.2 Å². The Morgan fingerprint density at radius 1 is 1.45 bits per heavy atom. The minimum Gasteiger partial charge on any atom is -0.354 e. The lowest BCUT2D eigenvalue weighted by Gasteiger charge is -2.25. The molecule has 6 nitrogen and oxygen atoms in total. The Bertz CT molecular complexity index is 650. The second kappa shape index (κ2) is 4.60. The quantitative estimate of drug-likeness (QED) is 0.886. The van der Waals surface area contributed by atoms with E-state index in [1.807, 2.05) is 0 Å². The SMILES string of the molecule is CNC(=O)c1cc(S(=O)(=O)N2CCCC3CC32)cn1C. The fraction of sp³-hybridized carbons (Fsp3) is 0.615. The number of carbonyl (C=O) groups is 1. The van der Waals surface area contributed by atoms with Gasteiger partial charge in [0.05, 0.1) is 0 Å². The molecule has 110 valence electrons. The van der Waals surface area contributed by atoms with E-state index >= 15 is 0 Å². The van der Waals surface area contributed by atoms with Crippen molar-refractivity contribution >= 4 is 15.9 Å². The first-order valence-electron chi connectivity index (χ1n) is 6.85. The summed E-state index contributed by atoms with van der Waals surface area (Å²) in [6.07, 6.45) is 4.56. The number of hydrogen-bond donors (Lipinski definition) is 1. The minimum absolute atomic E-state index is 0.178. The van der Waals surface area contributed by atoms with Crippen molar-refractivity contribution in [3.8, 4) is 0 Å². The van der Waals surface area contributed by atoms with Gasteiger partial charge in [0.2, 0.25) is 10.0 Å². The molecule has 1 saturated carbocycles. The average molecular weight is 297 g/mol. The van der Waals surface area contributed by atoms with E-state index in [1.165, 1.54) is 19.3 Å². The predicted molar refractivity (Wildman–Crippen MR) is 73.8 cm³/mol. The van der Waals surface area contributed by atoms with Crippen molar-refractivity contribution in [1.29, 1.82) is 0 Å². The zero-order valence-electron chi connectivity index (χ0n) is 11.7. The number of nitrogens with zero attached hydrogens (tertiary/aromatic N) is 2. The summed E-state index contributed by atoms with van der Waals surface area (Å²) < 4.78 is 28.5. The first kappa shape index (κ1) is 13.6. The van der Waals surface area contributed by atoms with Crippen LogP contribution in [0.15, 0.2) is 17.2 Å². The Hall–Kier alpha value is -1.34. The normalized spacial score (nSPS) is 26.1. The molecule has 2 aliphatic rings. The van der Waals surface area contributed by atoms with Crippen LogP contribution in [0.25, 0.3) is 0 Å². The van der Waals surface area contributed by atoms with Gasteiger partial charge >= 0.3 is 0 Å². The number of amides is 1. The molecular formula is C13H19N3O3S. The van der Waals surface area contributed by atoms with Crippen LogP contribution in [0.1, 0.15) is 29.8 Å². The largest absolute Gasteiger partial charge is 0.354 e. The summed E-state index contributed by atoms with van der Waals surface area (Å²) in [5, 5.41) is 2.52. The molecule has 7 heteroatoms. The number of rotatable bonds is 3. The lowest BCUT2D eigenvalue weighted by atomic mass is 10.2. The van der Waals surface area contributed by atoms with Gasteiger partial charge in [-0.2, -0.15) is 4.31 Å². The summed E-state index contributed by atoms with van der Waals surface area (Å²) in [6, 6.07) is 1.64. The number of carbonyl (C=O) groups excluding carboxylic acids is 1. The number of aromatic nitrogens is 1. The third-order valence-electron chi connectivity index (χ3n) is 4.25. The van der Waals surface area contributed by atoms with Crippen LogP contribution in [0.4, 0.5) is 0 Å². The molecule has 2 fully saturated rings. The van der Waals surface area contributed by atoms with Gasteiger partial charge in [-0.1, -0.05) is 0 Å². The number of nitrogens with one attached hydrogen (secondary N) is 1. The molecule has 1 aliphatic heterocycles. The summed E-state index contributed by atoms with van der Waals surface area (Å²) in [7, 11) is -0.269. The van der Waals surface area contributed by atoms with Gasteiger partial charge in [-0.25, -0.2) is 8.42 Å². The third kappa shape index (κ3) is 2.05. The van der Waals surface area contributed by atoms with Gasteiger partial charge in [0.25, 0.3) is 5.91 Å². The van der Waals surface area contributed by atoms with E-state index in [1.54, 1.807) is 15.9 Å². The maximum atomic E-state index is 12.7. The topological polar surface area (TPSA) is 71.4 Å². The van der Waals surface area contributed by atoms with Gasteiger partial charge in [-0.3, -0.25) is 4.79 Å². The molecule has 1 aliphatic carbocycles. The van der Waals surface area contributed by atoms with Crippen molar-refractivity contribution in [2.45, 2.75) is 30.2 Å². The van der Waals surface area contributed by atoms with Crippen molar-refractivity contribution in [3.05, 3.63) is 18.0 Å². The first-order chi connectivity index (χ1) is 9.45. The molecule has 1 N–H and O–H groups in total. The molecule has 3 rings (SSSR count). The average Bonchev–Trinajstić information content (AvgIpc) is 3.11. The van der Waals surface area contributed by atoms with Gasteiger partial charge < -0.3 is 9.88 Å². The second-order valence-electron chi connectivity index (χ2n) is 5.57. The summed E-state index contributed by atoms with van der Waals surface area (Å²) in [6.45, 7) is 0.591. The summed E-state index contributed by atoms with van der Waals surface area (Å²) >= 11 is 0. The Labute approximate surface area is 118 Å². The van der Waals surface area contributed by atoms with Crippen LogP contribution in [0.2, 0.25) is 0 Å². The zero-order valence-corrected chi connectivity index (χ0v) is 12.5. The number of hydrogen-bond acceptors (Lipinski definition) is 3. The zero-order chi connectivity index (χ0) is 14.5. The Kier molecular flexibility index (Phi) is 3.13. The molecule has 0 aromatic carbocycles. The van der Waals surface area contributed by atoms with E-state index in [-0.39, 0.29) is 16.8 Å². The van der Waals surface area contributed by atoms with Crippen molar-refractivity contribution in [3.63, 3.8) is 0 Å². The molecular weight excluding hydrogens is 278 g/mol. The summed E-state index contributed by atoms with van der Waals surface area (Å²) in [5.74, 6) is 0.262. The third-order valence-corrected chi connectivity index (χ3v) is 6.14. The highest BCUT2D eigenvalue weighted by Crippen LogP contribution is 2.45. The molecule has 0 spiro atoms. The van der Waals surface area contributed by atoms with Gasteiger partial charge in [0.15, 0.2) is 0 Å². The van der Waals surface area contributed by atoms with E-state index in [9.17, 15) is 13.2 Å². The van der Waals surface area contributed by atoms with Crippen LogP contribution in [0, 0.1) is 5.92 Å². The molecule has 1 saturated heterocycles. The minimum atomic E-state index is -3.48. The monoisotopic (exact) mass is 297 g/mol. The Balaban J connectivity index is 1.93. The number of aryl methyl sites for hydroxylation is 1. The van der Waals surface area contributed by atoms with E-state index < -0.39 is 10.0 Å². The molecule has 20 heavy (non-hydrogen) atoms. The number of fused-ring (bicyclic) bond motifs is 1. The Morgan fingerprint density at radius 3 is 2.90 bits per heavy atom. The molecule has 2 atom stereocenters. The van der Waals surface area contributed by atoms with Crippen LogP contribution in [-0.2, 0) is 17.1 Å². The van der Waals surface area contributed by atoms with Crippen LogP contribution in [0.3, 0.4) is 0 Å². The molecule has 0 bridgehead atoms. The number of piperidine rings is 1. The Morgan fingerprint density at radius 2 is 2.20 bits per heavy atom. The maximum Gasteiger partial charge on any atom is 0.267 e. The predicted octanol–water partition coefficient (Wildman–Crippen LogP) is 0.558. The highest BCUT2D eigenvalue weighted by atomic mass is 32.2. The second-order valence-corrected chi connectivity index (χ2v) is 7.46. The van der Waals surface area contributed by atoms with Crippen molar-refractivity contribution < 1.29 is 13.2 Å². The van der Waals surface area contributed by atoms with Crippen molar-refractivity contribution in [2.75, 3.05) is 13.6 Å². The van der Waals surface area contributed by atoms with Crippen LogP contribution < -0.4 is 5.32 Å². The van der Waals surface area contributed by atoms with E-state index in [0.29, 0.717) is 18.2 Å². The standard InChI is InChI=1S/C13H19N3O3S/c1-14-13(17)12-7-10(8-15(12)2)20(18,19)16-5-3-4-9-6-11(9)16/h7-9,11H,3-6H2,1-2H3,(H,14,17). The highest BCUT2D eigenvalue weighted by molar-refractivity contribution is 7.89. The first-order valence-corrected chi connectivity index (χ1v) is 8.29. The van der Waals surface area contributed by atoms with Gasteiger partial charge in [0, 0.05) is 32.9 Å². The van der Waals surface area contributed by atoms with Gasteiger partial charge in [-0.15, -0.1) is 0 Å². The molecule has 1 aromatic rings. The van der Waals surface area contributed by atoms with Crippen LogP contribution in [-0.4, -0.2) is 42.8 Å². The van der Waals surface area contributed by atoms with Crippen LogP contribution >= 0.6 is 0 Å². The van der Waals surface area contributed by atoms with Crippen molar-refractivity contribution in [2.24, 2.45) is 13.0 Å². The van der Waals surface area contributed by atoms with E-state index in [0.717, 1.165) is 19.3 Å². The highest BCUT2D eigenvalue weighted by Gasteiger charge is 2.49. The van der Waals surface area contributed by atoms with E-state index in [2.05, 4.69) is 5.32 Å². The van der Waals surface area contributed by atoms with Crippen LogP contribution in [0.5, 0.6) is 0 Å². The lowest BCUT2D eigenvalue weighted by molar-refractivity contribution is 0.0955. The lowest BCUT2D eigenvalue weighted by Crippen LogP contribution is -2.37.